The molecule has 0 amide bonds. The number of nitrogens with two attached hydrogens (primary N) is 1. The summed E-state index contributed by atoms with van der Waals surface area (Å²) in [5.74, 6) is 1.13. The number of aryl methyl sites for hydroxylation is 1. The summed E-state index contributed by atoms with van der Waals surface area (Å²) in [6, 6.07) is 8.75. The lowest BCUT2D eigenvalue weighted by atomic mass is 10.1. The molecule has 3 heteroatoms. The number of benzene rings is 1. The van der Waals surface area contributed by atoms with Gasteiger partial charge in [0.2, 0.25) is 0 Å². The zero-order chi connectivity index (χ0) is 12.4. The number of hydrogen-bond donors (Lipinski definition) is 1. The summed E-state index contributed by atoms with van der Waals surface area (Å²) in [7, 11) is 0. The van der Waals surface area contributed by atoms with Gasteiger partial charge in [-0.05, 0) is 25.5 Å². The van der Waals surface area contributed by atoms with Crippen molar-refractivity contribution in [2.75, 3.05) is 0 Å². The van der Waals surface area contributed by atoms with E-state index in [1.54, 1.807) is 0 Å². The Hall–Kier alpha value is -1.35. The summed E-state index contributed by atoms with van der Waals surface area (Å²) in [6.07, 6.45) is 1.92. The molecule has 92 valence electrons. The minimum Gasteiger partial charge on any atom is -0.326 e. The van der Waals surface area contributed by atoms with Gasteiger partial charge < -0.3 is 10.3 Å². The van der Waals surface area contributed by atoms with Gasteiger partial charge in [-0.15, -0.1) is 0 Å². The van der Waals surface area contributed by atoms with Gasteiger partial charge in [0, 0.05) is 18.5 Å². The molecule has 0 saturated heterocycles. The van der Waals surface area contributed by atoms with Crippen LogP contribution >= 0.6 is 0 Å². The first-order chi connectivity index (χ1) is 8.19. The van der Waals surface area contributed by atoms with E-state index in [1.165, 1.54) is 5.52 Å². The number of nitrogens with zero attached hydrogens (tertiary/aromatic N) is 2. The molecule has 2 rings (SSSR count). The van der Waals surface area contributed by atoms with E-state index in [0.717, 1.165) is 24.2 Å². The Labute approximate surface area is 103 Å². The van der Waals surface area contributed by atoms with Gasteiger partial charge in [-0.25, -0.2) is 4.98 Å². The number of imidazole rings is 1. The van der Waals surface area contributed by atoms with Gasteiger partial charge in [-0.1, -0.05) is 26.0 Å². The maximum absolute atomic E-state index is 6.17. The molecular weight excluding hydrogens is 210 g/mol. The zero-order valence-electron chi connectivity index (χ0n) is 10.9. The number of hydrogen-bond acceptors (Lipinski definition) is 2. The quantitative estimate of drug-likeness (QED) is 0.879. The summed E-state index contributed by atoms with van der Waals surface area (Å²) in [5, 5.41) is 0. The molecule has 1 aromatic heterocycles. The Bertz CT molecular complexity index is 501. The molecular formula is C14H21N3. The molecule has 0 spiro atoms. The Kier molecular flexibility index (Phi) is 3.48. The van der Waals surface area contributed by atoms with Crippen molar-refractivity contribution >= 4 is 11.0 Å². The SMILES string of the molecule is CCc1nc2ccccc2n1C(C)C(N)CC. The molecule has 1 heterocycles. The van der Waals surface area contributed by atoms with Crippen LogP contribution in [0.3, 0.4) is 0 Å². The summed E-state index contributed by atoms with van der Waals surface area (Å²) < 4.78 is 2.30. The number of aromatic nitrogens is 2. The normalized spacial score (nSPS) is 15.1. The largest absolute Gasteiger partial charge is 0.326 e. The van der Waals surface area contributed by atoms with Crippen molar-refractivity contribution in [3.8, 4) is 0 Å². The molecule has 0 aliphatic heterocycles. The monoisotopic (exact) mass is 231 g/mol. The highest BCUT2D eigenvalue weighted by Gasteiger charge is 2.18. The molecule has 2 unspecified atom stereocenters. The van der Waals surface area contributed by atoms with Crippen LogP contribution in [-0.4, -0.2) is 15.6 Å². The van der Waals surface area contributed by atoms with E-state index < -0.39 is 0 Å². The Morgan fingerprint density at radius 1 is 1.29 bits per heavy atom. The first kappa shape index (κ1) is 12.1. The molecule has 17 heavy (non-hydrogen) atoms. The fourth-order valence-electron chi connectivity index (χ4n) is 2.33. The van der Waals surface area contributed by atoms with E-state index in [9.17, 15) is 0 Å². The van der Waals surface area contributed by atoms with Crippen molar-refractivity contribution in [2.24, 2.45) is 5.73 Å². The third-order valence-corrected chi connectivity index (χ3v) is 3.48. The minimum atomic E-state index is 0.179. The van der Waals surface area contributed by atoms with Crippen molar-refractivity contribution in [3.63, 3.8) is 0 Å². The van der Waals surface area contributed by atoms with Crippen molar-refractivity contribution in [3.05, 3.63) is 30.1 Å². The van der Waals surface area contributed by atoms with E-state index >= 15 is 0 Å². The second kappa shape index (κ2) is 4.88. The van der Waals surface area contributed by atoms with E-state index in [2.05, 4.69) is 48.5 Å². The zero-order valence-corrected chi connectivity index (χ0v) is 10.9. The van der Waals surface area contributed by atoms with Crippen molar-refractivity contribution in [1.82, 2.24) is 9.55 Å². The lowest BCUT2D eigenvalue weighted by molar-refractivity contribution is 0.429. The smallest absolute Gasteiger partial charge is 0.109 e. The van der Waals surface area contributed by atoms with Crippen LogP contribution in [0.2, 0.25) is 0 Å². The lowest BCUT2D eigenvalue weighted by Gasteiger charge is -2.22. The first-order valence-electron chi connectivity index (χ1n) is 6.40. The lowest BCUT2D eigenvalue weighted by Crippen LogP contribution is -2.30. The first-order valence-corrected chi connectivity index (χ1v) is 6.40. The van der Waals surface area contributed by atoms with Crippen LogP contribution in [0.4, 0.5) is 0 Å². The summed E-state index contributed by atoms with van der Waals surface area (Å²) in [4.78, 5) is 4.68. The second-order valence-electron chi connectivity index (χ2n) is 4.55. The Morgan fingerprint density at radius 3 is 2.65 bits per heavy atom. The van der Waals surface area contributed by atoms with Crippen LogP contribution in [0.15, 0.2) is 24.3 Å². The van der Waals surface area contributed by atoms with Gasteiger partial charge in [-0.2, -0.15) is 0 Å². The van der Waals surface area contributed by atoms with Crippen LogP contribution in [0.5, 0.6) is 0 Å². The fourth-order valence-corrected chi connectivity index (χ4v) is 2.33. The molecule has 0 fully saturated rings. The van der Waals surface area contributed by atoms with Crippen molar-refractivity contribution < 1.29 is 0 Å². The standard InChI is InChI=1S/C14H21N3/c1-4-11(15)10(3)17-13-9-7-6-8-12(13)16-14(17)5-2/h6-11H,4-5,15H2,1-3H3. The maximum atomic E-state index is 6.17. The molecule has 1 aromatic carbocycles. The Balaban J connectivity index is 2.57. The minimum absolute atomic E-state index is 0.179. The maximum Gasteiger partial charge on any atom is 0.109 e. The van der Waals surface area contributed by atoms with Gasteiger partial charge in [0.1, 0.15) is 5.82 Å². The number of para-hydroxylation sites is 2. The molecule has 0 bridgehead atoms. The molecule has 0 radical (unpaired) electrons. The Morgan fingerprint density at radius 2 is 2.00 bits per heavy atom. The third kappa shape index (κ3) is 2.07. The van der Waals surface area contributed by atoms with Gasteiger partial charge in [0.05, 0.1) is 11.0 Å². The van der Waals surface area contributed by atoms with Gasteiger partial charge >= 0.3 is 0 Å². The van der Waals surface area contributed by atoms with Crippen molar-refractivity contribution in [2.45, 2.75) is 45.7 Å². The number of rotatable bonds is 4. The third-order valence-electron chi connectivity index (χ3n) is 3.48. The van der Waals surface area contributed by atoms with E-state index in [4.69, 9.17) is 5.73 Å². The average molecular weight is 231 g/mol. The van der Waals surface area contributed by atoms with Crippen LogP contribution in [0.25, 0.3) is 11.0 Å². The van der Waals surface area contributed by atoms with Crippen LogP contribution < -0.4 is 5.73 Å². The van der Waals surface area contributed by atoms with Crippen molar-refractivity contribution in [1.29, 1.82) is 0 Å². The topological polar surface area (TPSA) is 43.8 Å². The highest BCUT2D eigenvalue weighted by Crippen LogP contribution is 2.23. The average Bonchev–Trinajstić information content (AvgIpc) is 2.75. The summed E-state index contributed by atoms with van der Waals surface area (Å²) >= 11 is 0. The molecule has 0 aliphatic rings. The predicted octanol–water partition coefficient (Wildman–Crippen LogP) is 2.90. The predicted molar refractivity (Wildman–Crippen MR) is 72.1 cm³/mol. The second-order valence-corrected chi connectivity index (χ2v) is 4.55. The van der Waals surface area contributed by atoms with Crippen LogP contribution in [-0.2, 0) is 6.42 Å². The fraction of sp³-hybridized carbons (Fsp3) is 0.500. The van der Waals surface area contributed by atoms with E-state index in [0.29, 0.717) is 6.04 Å². The van der Waals surface area contributed by atoms with E-state index in [-0.39, 0.29) is 6.04 Å². The molecule has 0 saturated carbocycles. The van der Waals surface area contributed by atoms with Gasteiger partial charge in [-0.3, -0.25) is 0 Å². The highest BCUT2D eigenvalue weighted by atomic mass is 15.1. The van der Waals surface area contributed by atoms with Crippen LogP contribution in [0, 0.1) is 0 Å². The van der Waals surface area contributed by atoms with Gasteiger partial charge in [0.15, 0.2) is 0 Å². The highest BCUT2D eigenvalue weighted by molar-refractivity contribution is 5.76. The van der Waals surface area contributed by atoms with E-state index in [1.807, 2.05) is 6.07 Å². The molecule has 3 nitrogen and oxygen atoms in total. The number of fused-ring (bicyclic) bond motifs is 1. The molecule has 2 atom stereocenters. The molecule has 0 aliphatic carbocycles. The molecule has 2 aromatic rings. The summed E-state index contributed by atoms with van der Waals surface area (Å²) in [6.45, 7) is 6.45. The summed E-state index contributed by atoms with van der Waals surface area (Å²) in [5.41, 5.74) is 8.44. The van der Waals surface area contributed by atoms with Crippen LogP contribution in [0.1, 0.15) is 39.1 Å². The molecule has 2 N–H and O–H groups in total. The van der Waals surface area contributed by atoms with Gasteiger partial charge in [0.25, 0.3) is 0 Å².